The molecule has 1 aliphatic heterocycles. The quantitative estimate of drug-likeness (QED) is 0.749. The molecular weight excluding hydrogens is 219 g/mol. The third kappa shape index (κ3) is 2.01. The van der Waals surface area contributed by atoms with Gasteiger partial charge in [0.2, 0.25) is 0 Å². The molecule has 1 heterocycles. The third-order valence-corrected chi connectivity index (χ3v) is 2.72. The zero-order valence-electron chi connectivity index (χ0n) is 8.17. The monoisotopic (exact) mass is 230 g/mol. The van der Waals surface area contributed by atoms with Gasteiger partial charge in [0.15, 0.2) is 5.82 Å². The van der Waals surface area contributed by atoms with E-state index in [1.807, 2.05) is 4.90 Å². The van der Waals surface area contributed by atoms with Gasteiger partial charge >= 0.3 is 0 Å². The number of benzene rings is 1. The number of anilines is 2. The maximum absolute atomic E-state index is 13.8. The van der Waals surface area contributed by atoms with Crippen LogP contribution in [0.3, 0.4) is 0 Å². The predicted molar refractivity (Wildman–Crippen MR) is 58.9 cm³/mol. The van der Waals surface area contributed by atoms with Crippen LogP contribution in [-0.4, -0.2) is 26.3 Å². The molecule has 1 aromatic rings. The van der Waals surface area contributed by atoms with Crippen molar-refractivity contribution < 1.29 is 9.13 Å². The van der Waals surface area contributed by atoms with E-state index in [0.29, 0.717) is 37.7 Å². The maximum atomic E-state index is 13.8. The lowest BCUT2D eigenvalue weighted by atomic mass is 10.2. The fourth-order valence-electron chi connectivity index (χ4n) is 1.66. The van der Waals surface area contributed by atoms with E-state index in [2.05, 4.69) is 0 Å². The number of ether oxygens (including phenoxy) is 1. The van der Waals surface area contributed by atoms with Crippen LogP contribution in [-0.2, 0) is 4.74 Å². The van der Waals surface area contributed by atoms with Gasteiger partial charge in [-0.25, -0.2) is 4.39 Å². The summed E-state index contributed by atoms with van der Waals surface area (Å²) in [6, 6.07) is 3.09. The number of morpholine rings is 1. The highest BCUT2D eigenvalue weighted by atomic mass is 35.5. The Morgan fingerprint density at radius 3 is 2.67 bits per heavy atom. The van der Waals surface area contributed by atoms with Crippen molar-refractivity contribution >= 4 is 23.0 Å². The number of halogens is 2. The third-order valence-electron chi connectivity index (χ3n) is 2.43. The van der Waals surface area contributed by atoms with Crippen molar-refractivity contribution in [3.63, 3.8) is 0 Å². The second kappa shape index (κ2) is 4.24. The van der Waals surface area contributed by atoms with Crippen molar-refractivity contribution in [3.05, 3.63) is 23.0 Å². The molecule has 15 heavy (non-hydrogen) atoms. The second-order valence-electron chi connectivity index (χ2n) is 3.40. The van der Waals surface area contributed by atoms with Gasteiger partial charge < -0.3 is 15.4 Å². The summed E-state index contributed by atoms with van der Waals surface area (Å²) in [4.78, 5) is 1.86. The summed E-state index contributed by atoms with van der Waals surface area (Å²) in [7, 11) is 0. The van der Waals surface area contributed by atoms with E-state index in [1.165, 1.54) is 6.07 Å². The number of rotatable bonds is 1. The van der Waals surface area contributed by atoms with E-state index in [1.54, 1.807) is 6.07 Å². The Labute approximate surface area is 92.6 Å². The minimum atomic E-state index is -0.446. The summed E-state index contributed by atoms with van der Waals surface area (Å²) in [5.74, 6) is -0.446. The smallest absolute Gasteiger partial charge is 0.167 e. The van der Waals surface area contributed by atoms with Crippen LogP contribution in [0.25, 0.3) is 0 Å². The largest absolute Gasteiger partial charge is 0.397 e. The number of nitrogens with zero attached hydrogens (tertiary/aromatic N) is 1. The fourth-order valence-corrected chi connectivity index (χ4v) is 1.82. The van der Waals surface area contributed by atoms with Crippen molar-refractivity contribution in [1.29, 1.82) is 0 Å². The molecule has 1 saturated heterocycles. The van der Waals surface area contributed by atoms with Gasteiger partial charge in [-0.05, 0) is 12.1 Å². The van der Waals surface area contributed by atoms with Crippen LogP contribution < -0.4 is 10.6 Å². The standard InChI is InChI=1S/C10H12ClFN2O/c11-7-1-2-8(13)10(9(7)12)14-3-5-15-6-4-14/h1-2H,3-6,13H2. The van der Waals surface area contributed by atoms with Crippen LogP contribution >= 0.6 is 11.6 Å². The molecule has 1 aliphatic rings. The molecule has 0 bridgehead atoms. The minimum Gasteiger partial charge on any atom is -0.397 e. The Morgan fingerprint density at radius 1 is 1.33 bits per heavy atom. The van der Waals surface area contributed by atoms with E-state index in [4.69, 9.17) is 22.1 Å². The topological polar surface area (TPSA) is 38.5 Å². The molecule has 0 aromatic heterocycles. The summed E-state index contributed by atoms with van der Waals surface area (Å²) >= 11 is 5.72. The molecule has 0 atom stereocenters. The molecule has 82 valence electrons. The molecule has 0 saturated carbocycles. The molecule has 0 radical (unpaired) electrons. The molecule has 0 amide bonds. The number of nitrogen functional groups attached to an aromatic ring is 1. The highest BCUT2D eigenvalue weighted by Crippen LogP contribution is 2.32. The summed E-state index contributed by atoms with van der Waals surface area (Å²) in [6.45, 7) is 2.46. The van der Waals surface area contributed by atoms with Crippen LogP contribution in [0, 0.1) is 5.82 Å². The molecule has 1 aromatic carbocycles. The predicted octanol–water partition coefficient (Wildman–Crippen LogP) is 1.90. The van der Waals surface area contributed by atoms with Gasteiger partial charge in [-0.3, -0.25) is 0 Å². The lowest BCUT2D eigenvalue weighted by Crippen LogP contribution is -2.37. The number of hydrogen-bond donors (Lipinski definition) is 1. The summed E-state index contributed by atoms with van der Waals surface area (Å²) in [5.41, 5.74) is 6.55. The molecule has 3 nitrogen and oxygen atoms in total. The minimum absolute atomic E-state index is 0.102. The van der Waals surface area contributed by atoms with E-state index in [0.717, 1.165) is 0 Å². The number of hydrogen-bond acceptors (Lipinski definition) is 3. The zero-order chi connectivity index (χ0) is 10.8. The zero-order valence-corrected chi connectivity index (χ0v) is 8.93. The van der Waals surface area contributed by atoms with Crippen LogP contribution in [0.4, 0.5) is 15.8 Å². The SMILES string of the molecule is Nc1ccc(Cl)c(F)c1N1CCOCC1. The van der Waals surface area contributed by atoms with Crippen LogP contribution in [0.2, 0.25) is 5.02 Å². The van der Waals surface area contributed by atoms with E-state index in [9.17, 15) is 4.39 Å². The number of nitrogens with two attached hydrogens (primary N) is 1. The van der Waals surface area contributed by atoms with Crippen LogP contribution in [0.5, 0.6) is 0 Å². The van der Waals surface area contributed by atoms with Crippen molar-refractivity contribution in [3.8, 4) is 0 Å². The highest BCUT2D eigenvalue weighted by molar-refractivity contribution is 6.31. The first kappa shape index (κ1) is 10.5. The first-order chi connectivity index (χ1) is 7.20. The molecule has 0 aliphatic carbocycles. The van der Waals surface area contributed by atoms with E-state index >= 15 is 0 Å². The van der Waals surface area contributed by atoms with Gasteiger partial charge in [0.25, 0.3) is 0 Å². The fraction of sp³-hybridized carbons (Fsp3) is 0.400. The summed E-state index contributed by atoms with van der Waals surface area (Å²) in [6.07, 6.45) is 0. The lowest BCUT2D eigenvalue weighted by Gasteiger charge is -2.30. The molecule has 1 fully saturated rings. The van der Waals surface area contributed by atoms with Gasteiger partial charge in [0.1, 0.15) is 0 Å². The molecule has 2 N–H and O–H groups in total. The first-order valence-electron chi connectivity index (χ1n) is 4.76. The van der Waals surface area contributed by atoms with Gasteiger partial charge in [-0.15, -0.1) is 0 Å². The average Bonchev–Trinajstić information content (AvgIpc) is 2.26. The summed E-state index contributed by atoms with van der Waals surface area (Å²) < 4.78 is 18.9. The molecular formula is C10H12ClFN2O. The maximum Gasteiger partial charge on any atom is 0.167 e. The Morgan fingerprint density at radius 2 is 2.00 bits per heavy atom. The first-order valence-corrected chi connectivity index (χ1v) is 5.14. The van der Waals surface area contributed by atoms with E-state index in [-0.39, 0.29) is 5.02 Å². The molecule has 0 spiro atoms. The van der Waals surface area contributed by atoms with Gasteiger partial charge in [0, 0.05) is 13.1 Å². The summed E-state index contributed by atoms with van der Waals surface area (Å²) in [5, 5.41) is 0.102. The van der Waals surface area contributed by atoms with Crippen molar-refractivity contribution in [2.24, 2.45) is 0 Å². The van der Waals surface area contributed by atoms with Gasteiger partial charge in [-0.2, -0.15) is 0 Å². The van der Waals surface area contributed by atoms with Gasteiger partial charge in [0.05, 0.1) is 29.6 Å². The Kier molecular flexibility index (Phi) is 2.98. The normalized spacial score (nSPS) is 16.8. The van der Waals surface area contributed by atoms with Crippen molar-refractivity contribution in [2.75, 3.05) is 36.9 Å². The highest BCUT2D eigenvalue weighted by Gasteiger charge is 2.19. The Hall–Kier alpha value is -1.00. The van der Waals surface area contributed by atoms with Crippen molar-refractivity contribution in [2.45, 2.75) is 0 Å². The van der Waals surface area contributed by atoms with Crippen LogP contribution in [0.1, 0.15) is 0 Å². The Bertz CT molecular complexity index is 367. The average molecular weight is 231 g/mol. The lowest BCUT2D eigenvalue weighted by molar-refractivity contribution is 0.122. The molecule has 5 heteroatoms. The van der Waals surface area contributed by atoms with E-state index < -0.39 is 5.82 Å². The van der Waals surface area contributed by atoms with Crippen LogP contribution in [0.15, 0.2) is 12.1 Å². The second-order valence-corrected chi connectivity index (χ2v) is 3.81. The Balaban J connectivity index is 2.36. The molecule has 2 rings (SSSR count). The van der Waals surface area contributed by atoms with Gasteiger partial charge in [-0.1, -0.05) is 11.6 Å². The molecule has 0 unspecified atom stereocenters. The van der Waals surface area contributed by atoms with Crippen molar-refractivity contribution in [1.82, 2.24) is 0 Å².